The van der Waals surface area contributed by atoms with Crippen LogP contribution in [0, 0.1) is 0 Å². The van der Waals surface area contributed by atoms with Crippen molar-refractivity contribution in [2.24, 2.45) is 0 Å². The number of esters is 1. The van der Waals surface area contributed by atoms with Crippen molar-refractivity contribution in [2.45, 2.75) is 17.4 Å². The highest BCUT2D eigenvalue weighted by atomic mass is 79.9. The van der Waals surface area contributed by atoms with Crippen molar-refractivity contribution in [2.75, 3.05) is 7.11 Å². The van der Waals surface area contributed by atoms with Crippen molar-refractivity contribution in [3.8, 4) is 0 Å². The molecule has 1 aromatic carbocycles. The zero-order valence-corrected chi connectivity index (χ0v) is 11.6. The number of halogens is 5. The van der Waals surface area contributed by atoms with Crippen molar-refractivity contribution >= 4 is 33.5 Å². The van der Waals surface area contributed by atoms with Gasteiger partial charge in [0.2, 0.25) is 0 Å². The highest BCUT2D eigenvalue weighted by molar-refractivity contribution is 9.10. The van der Waals surface area contributed by atoms with Gasteiger partial charge in [0.1, 0.15) is 4.83 Å². The molecule has 0 aliphatic heterocycles. The molecule has 0 radical (unpaired) electrons. The van der Waals surface area contributed by atoms with Gasteiger partial charge in [-0.1, -0.05) is 33.6 Å². The van der Waals surface area contributed by atoms with Crippen molar-refractivity contribution in [3.63, 3.8) is 0 Å². The second kappa shape index (κ2) is 5.93. The number of hydrogen-bond donors (Lipinski definition) is 0. The summed E-state index contributed by atoms with van der Waals surface area (Å²) in [5, 5.41) is -0.00438. The van der Waals surface area contributed by atoms with Gasteiger partial charge in [0, 0.05) is 5.02 Å². The lowest BCUT2D eigenvalue weighted by atomic mass is 10.0. The third-order valence-electron chi connectivity index (χ3n) is 2.23. The molecular weight excluding hydrogens is 336 g/mol. The lowest BCUT2D eigenvalue weighted by molar-refractivity contribution is -0.141. The molecule has 18 heavy (non-hydrogen) atoms. The Morgan fingerprint density at radius 3 is 2.61 bits per heavy atom. The van der Waals surface area contributed by atoms with E-state index in [1.54, 1.807) is 0 Å². The summed E-state index contributed by atoms with van der Waals surface area (Å²) in [6.45, 7) is 0. The van der Waals surface area contributed by atoms with E-state index in [-0.39, 0.29) is 17.0 Å². The third-order valence-corrected chi connectivity index (χ3v) is 3.17. The molecule has 2 nitrogen and oxygen atoms in total. The molecule has 1 unspecified atom stereocenters. The SMILES string of the molecule is COC(=O)C(Br)Cc1ccc(Cl)cc1C(F)(F)F. The van der Waals surface area contributed by atoms with Crippen molar-refractivity contribution in [1.29, 1.82) is 0 Å². The molecule has 0 fully saturated rings. The van der Waals surface area contributed by atoms with Gasteiger partial charge in [-0.05, 0) is 24.1 Å². The average Bonchev–Trinajstić information content (AvgIpc) is 2.28. The van der Waals surface area contributed by atoms with Gasteiger partial charge in [-0.25, -0.2) is 0 Å². The number of carbonyl (C=O) groups excluding carboxylic acids is 1. The molecule has 0 bridgehead atoms. The van der Waals surface area contributed by atoms with E-state index in [1.165, 1.54) is 19.2 Å². The Kier molecular flexibility index (Phi) is 5.04. The summed E-state index contributed by atoms with van der Waals surface area (Å²) < 4.78 is 42.8. The van der Waals surface area contributed by atoms with Gasteiger partial charge < -0.3 is 4.74 Å². The van der Waals surface area contributed by atoms with E-state index in [9.17, 15) is 18.0 Å². The van der Waals surface area contributed by atoms with E-state index in [2.05, 4.69) is 20.7 Å². The minimum Gasteiger partial charge on any atom is -0.468 e. The summed E-state index contributed by atoms with van der Waals surface area (Å²) in [6, 6.07) is 3.44. The van der Waals surface area contributed by atoms with Crippen LogP contribution in [-0.2, 0) is 22.1 Å². The van der Waals surface area contributed by atoms with E-state index in [1.807, 2.05) is 0 Å². The van der Waals surface area contributed by atoms with Crippen LogP contribution in [0.15, 0.2) is 18.2 Å². The first-order valence-corrected chi connectivity index (χ1v) is 6.12. The maximum Gasteiger partial charge on any atom is 0.416 e. The van der Waals surface area contributed by atoms with E-state index in [0.717, 1.165) is 6.07 Å². The predicted octanol–water partition coefficient (Wildman–Crippen LogP) is 3.84. The van der Waals surface area contributed by atoms with E-state index in [0.29, 0.717) is 0 Å². The van der Waals surface area contributed by atoms with Gasteiger partial charge in [0.15, 0.2) is 0 Å². The van der Waals surface area contributed by atoms with Crippen LogP contribution in [0.2, 0.25) is 5.02 Å². The Morgan fingerprint density at radius 1 is 1.50 bits per heavy atom. The van der Waals surface area contributed by atoms with Crippen molar-refractivity contribution in [3.05, 3.63) is 34.3 Å². The van der Waals surface area contributed by atoms with Gasteiger partial charge >= 0.3 is 12.1 Å². The minimum atomic E-state index is -4.51. The summed E-state index contributed by atoms with van der Waals surface area (Å²) in [7, 11) is 1.17. The van der Waals surface area contributed by atoms with Crippen LogP contribution >= 0.6 is 27.5 Å². The van der Waals surface area contributed by atoms with Crippen molar-refractivity contribution < 1.29 is 22.7 Å². The Balaban J connectivity index is 3.06. The summed E-state index contributed by atoms with van der Waals surface area (Å²) in [5.74, 6) is -0.627. The maximum atomic E-state index is 12.8. The van der Waals surface area contributed by atoms with Gasteiger partial charge in [-0.3, -0.25) is 4.79 Å². The molecule has 1 rings (SSSR count). The molecule has 100 valence electrons. The van der Waals surface area contributed by atoms with Crippen molar-refractivity contribution in [1.82, 2.24) is 0 Å². The van der Waals surface area contributed by atoms with Crippen LogP contribution in [0.4, 0.5) is 13.2 Å². The molecule has 1 aromatic rings. The highest BCUT2D eigenvalue weighted by Crippen LogP contribution is 2.34. The molecule has 0 spiro atoms. The fourth-order valence-electron chi connectivity index (χ4n) is 1.39. The number of benzene rings is 1. The quantitative estimate of drug-likeness (QED) is 0.615. The number of ether oxygens (including phenoxy) is 1. The molecule has 0 saturated carbocycles. The maximum absolute atomic E-state index is 12.8. The Bertz CT molecular complexity index is 448. The third kappa shape index (κ3) is 3.88. The first kappa shape index (κ1) is 15.3. The first-order chi connectivity index (χ1) is 8.25. The predicted molar refractivity (Wildman–Crippen MR) is 64.9 cm³/mol. The standard InChI is InChI=1S/C11H9BrClF3O2/c1-18-10(17)9(12)4-6-2-3-7(13)5-8(6)11(14,15)16/h2-3,5,9H,4H2,1H3. The topological polar surface area (TPSA) is 26.3 Å². The minimum absolute atomic E-state index is 0.00438. The van der Waals surface area contributed by atoms with Gasteiger partial charge in [-0.2, -0.15) is 13.2 Å². The normalized spacial score (nSPS) is 13.2. The highest BCUT2D eigenvalue weighted by Gasteiger charge is 2.34. The molecule has 0 aromatic heterocycles. The second-order valence-corrected chi connectivity index (χ2v) is 5.04. The zero-order valence-electron chi connectivity index (χ0n) is 9.22. The van der Waals surface area contributed by atoms with Crippen LogP contribution in [0.1, 0.15) is 11.1 Å². The molecule has 0 amide bonds. The Morgan fingerprint density at radius 2 is 2.11 bits per heavy atom. The summed E-state index contributed by atoms with van der Waals surface area (Å²) in [5.41, 5.74) is -0.859. The van der Waals surface area contributed by atoms with Crippen LogP contribution in [0.5, 0.6) is 0 Å². The lowest BCUT2D eigenvalue weighted by Gasteiger charge is -2.15. The molecular formula is C11H9BrClF3O2. The van der Waals surface area contributed by atoms with Gasteiger partial charge in [0.05, 0.1) is 12.7 Å². The number of hydrogen-bond acceptors (Lipinski definition) is 2. The number of carbonyl (C=O) groups is 1. The van der Waals surface area contributed by atoms with E-state index < -0.39 is 22.5 Å². The van der Waals surface area contributed by atoms with E-state index >= 15 is 0 Å². The van der Waals surface area contributed by atoms with Crippen LogP contribution in [0.25, 0.3) is 0 Å². The zero-order chi connectivity index (χ0) is 13.9. The number of alkyl halides is 4. The first-order valence-electron chi connectivity index (χ1n) is 4.83. The monoisotopic (exact) mass is 344 g/mol. The summed E-state index contributed by atoms with van der Waals surface area (Å²) in [4.78, 5) is 10.3. The molecule has 7 heteroatoms. The van der Waals surface area contributed by atoms with E-state index in [4.69, 9.17) is 11.6 Å². The van der Waals surface area contributed by atoms with Crippen LogP contribution < -0.4 is 0 Å². The smallest absolute Gasteiger partial charge is 0.416 e. The van der Waals surface area contributed by atoms with Crippen LogP contribution in [-0.4, -0.2) is 17.9 Å². The molecule has 0 heterocycles. The lowest BCUT2D eigenvalue weighted by Crippen LogP contribution is -2.20. The number of methoxy groups -OCH3 is 1. The molecule has 0 N–H and O–H groups in total. The van der Waals surface area contributed by atoms with Gasteiger partial charge in [-0.15, -0.1) is 0 Å². The molecule has 1 atom stereocenters. The second-order valence-electron chi connectivity index (χ2n) is 3.49. The Hall–Kier alpha value is -0.750. The molecule has 0 aliphatic carbocycles. The fourth-order valence-corrected chi connectivity index (χ4v) is 2.10. The summed E-state index contributed by atoms with van der Waals surface area (Å²) >= 11 is 8.53. The Labute approximate surface area is 115 Å². The van der Waals surface area contributed by atoms with Crippen LogP contribution in [0.3, 0.4) is 0 Å². The number of rotatable bonds is 3. The summed E-state index contributed by atoms with van der Waals surface area (Å²) in [6.07, 6.45) is -4.64. The molecule has 0 saturated heterocycles. The fraction of sp³-hybridized carbons (Fsp3) is 0.364. The largest absolute Gasteiger partial charge is 0.468 e. The average molecular weight is 346 g/mol. The molecule has 0 aliphatic rings. The van der Waals surface area contributed by atoms with Gasteiger partial charge in [0.25, 0.3) is 0 Å².